The fraction of sp³-hybridized carbons (Fsp3) is 0.310. The monoisotopic (exact) mass is 492 g/mol. The number of likely N-dealkylation sites (N-methyl/N-ethyl adjacent to an activating group) is 1. The summed E-state index contributed by atoms with van der Waals surface area (Å²) in [6.45, 7) is 6.29. The Hall–Kier alpha value is -3.31. The van der Waals surface area contributed by atoms with E-state index >= 15 is 0 Å². The third-order valence-corrected chi connectivity index (χ3v) is 6.23. The second-order valence-corrected chi connectivity index (χ2v) is 9.87. The maximum atomic E-state index is 13.6. The largest absolute Gasteiger partial charge is 0.483 e. The van der Waals surface area contributed by atoms with Crippen LogP contribution in [0.15, 0.2) is 78.9 Å². The van der Waals surface area contributed by atoms with Crippen LogP contribution in [0.3, 0.4) is 0 Å². The Bertz CT molecular complexity index is 1140. The van der Waals surface area contributed by atoms with E-state index in [0.717, 1.165) is 16.7 Å². The van der Waals surface area contributed by atoms with E-state index in [-0.39, 0.29) is 30.4 Å². The highest BCUT2D eigenvalue weighted by Crippen LogP contribution is 2.31. The maximum Gasteiger partial charge on any atom is 0.261 e. The van der Waals surface area contributed by atoms with Crippen molar-refractivity contribution >= 4 is 23.4 Å². The van der Waals surface area contributed by atoms with E-state index in [0.29, 0.717) is 17.2 Å². The van der Waals surface area contributed by atoms with Crippen LogP contribution < -0.4 is 10.1 Å². The third kappa shape index (κ3) is 7.09. The standard InChI is InChI=1S/C29H33ClN2O3/c1-29(2,3)23-15-9-11-17-26(23)35-20-27(33)32(19-22-14-8-10-16-24(22)30)25(28(34)31-4)18-21-12-6-5-7-13-21/h5-17,25H,18-20H2,1-4H3,(H,31,34)/t25-/m0/s1. The van der Waals surface area contributed by atoms with Crippen molar-refractivity contribution in [3.8, 4) is 5.75 Å². The fourth-order valence-electron chi connectivity index (χ4n) is 3.97. The zero-order valence-electron chi connectivity index (χ0n) is 20.8. The molecule has 3 aromatic rings. The molecule has 0 saturated carbocycles. The first-order chi connectivity index (χ1) is 16.7. The van der Waals surface area contributed by atoms with Crippen LogP contribution in [0.5, 0.6) is 5.75 Å². The number of carbonyl (C=O) groups is 2. The van der Waals surface area contributed by atoms with Gasteiger partial charge in [-0.05, 0) is 34.2 Å². The number of ether oxygens (including phenoxy) is 1. The number of nitrogens with one attached hydrogen (secondary N) is 1. The molecule has 0 bridgehead atoms. The SMILES string of the molecule is CNC(=O)[C@H](Cc1ccccc1)N(Cc1ccccc1Cl)C(=O)COc1ccccc1C(C)(C)C. The molecule has 5 nitrogen and oxygen atoms in total. The molecule has 0 aromatic heterocycles. The zero-order chi connectivity index (χ0) is 25.4. The quantitative estimate of drug-likeness (QED) is 0.435. The average Bonchev–Trinajstić information content (AvgIpc) is 2.85. The van der Waals surface area contributed by atoms with Crippen molar-refractivity contribution in [3.05, 3.63) is 101 Å². The van der Waals surface area contributed by atoms with E-state index in [9.17, 15) is 9.59 Å². The molecule has 0 aliphatic heterocycles. The summed E-state index contributed by atoms with van der Waals surface area (Å²) in [6.07, 6.45) is 0.370. The van der Waals surface area contributed by atoms with Crippen molar-refractivity contribution in [2.24, 2.45) is 0 Å². The van der Waals surface area contributed by atoms with Gasteiger partial charge in [-0.2, -0.15) is 0 Å². The predicted octanol–water partition coefficient (Wildman–Crippen LogP) is 5.40. The summed E-state index contributed by atoms with van der Waals surface area (Å²) in [7, 11) is 1.58. The molecule has 0 radical (unpaired) electrons. The lowest BCUT2D eigenvalue weighted by Crippen LogP contribution is -2.51. The van der Waals surface area contributed by atoms with Gasteiger partial charge in [0.1, 0.15) is 11.8 Å². The molecule has 3 rings (SSSR count). The van der Waals surface area contributed by atoms with Gasteiger partial charge in [-0.3, -0.25) is 9.59 Å². The number of carbonyl (C=O) groups excluding carboxylic acids is 2. The number of para-hydroxylation sites is 1. The zero-order valence-corrected chi connectivity index (χ0v) is 21.5. The lowest BCUT2D eigenvalue weighted by Gasteiger charge is -2.31. The summed E-state index contributed by atoms with van der Waals surface area (Å²) in [5.74, 6) is 0.119. The molecule has 0 aliphatic carbocycles. The van der Waals surface area contributed by atoms with E-state index < -0.39 is 6.04 Å². The smallest absolute Gasteiger partial charge is 0.261 e. The van der Waals surface area contributed by atoms with Gasteiger partial charge in [-0.1, -0.05) is 99.1 Å². The van der Waals surface area contributed by atoms with Crippen LogP contribution in [-0.2, 0) is 28.0 Å². The van der Waals surface area contributed by atoms with Crippen molar-refractivity contribution in [1.82, 2.24) is 10.2 Å². The van der Waals surface area contributed by atoms with Gasteiger partial charge in [0.05, 0.1) is 0 Å². The molecule has 0 spiro atoms. The molecule has 35 heavy (non-hydrogen) atoms. The highest BCUT2D eigenvalue weighted by atomic mass is 35.5. The molecule has 6 heteroatoms. The predicted molar refractivity (Wildman–Crippen MR) is 141 cm³/mol. The van der Waals surface area contributed by atoms with E-state index in [1.165, 1.54) is 0 Å². The minimum absolute atomic E-state index is 0.144. The summed E-state index contributed by atoms with van der Waals surface area (Å²) >= 11 is 6.43. The van der Waals surface area contributed by atoms with E-state index in [1.54, 1.807) is 18.0 Å². The molecule has 2 amide bonds. The molecule has 0 saturated heterocycles. The molecule has 3 aromatic carbocycles. The summed E-state index contributed by atoms with van der Waals surface area (Å²) in [4.78, 5) is 28.2. The number of hydrogen-bond donors (Lipinski definition) is 1. The normalized spacial score (nSPS) is 12.0. The third-order valence-electron chi connectivity index (χ3n) is 5.86. The van der Waals surface area contributed by atoms with Crippen molar-refractivity contribution in [1.29, 1.82) is 0 Å². The van der Waals surface area contributed by atoms with Crippen LogP contribution in [0.4, 0.5) is 0 Å². The Labute approximate surface area is 213 Å². The van der Waals surface area contributed by atoms with Crippen LogP contribution in [0.25, 0.3) is 0 Å². The van der Waals surface area contributed by atoms with Crippen LogP contribution in [0, 0.1) is 0 Å². The van der Waals surface area contributed by atoms with Crippen molar-refractivity contribution in [2.45, 2.75) is 45.2 Å². The lowest BCUT2D eigenvalue weighted by atomic mass is 9.86. The number of halogens is 1. The minimum Gasteiger partial charge on any atom is -0.483 e. The Balaban J connectivity index is 1.92. The number of hydrogen-bond acceptors (Lipinski definition) is 3. The van der Waals surface area contributed by atoms with Crippen LogP contribution in [0.2, 0.25) is 5.02 Å². The molecule has 184 valence electrons. The van der Waals surface area contributed by atoms with Gasteiger partial charge in [0.15, 0.2) is 6.61 Å². The van der Waals surface area contributed by atoms with Crippen LogP contribution in [-0.4, -0.2) is 36.4 Å². The molecule has 1 atom stereocenters. The Morgan fingerprint density at radius 3 is 2.23 bits per heavy atom. The molecular weight excluding hydrogens is 460 g/mol. The Morgan fingerprint density at radius 2 is 1.57 bits per heavy atom. The van der Waals surface area contributed by atoms with Crippen LogP contribution >= 0.6 is 11.6 Å². The van der Waals surface area contributed by atoms with E-state index in [2.05, 4.69) is 26.1 Å². The van der Waals surface area contributed by atoms with E-state index in [1.807, 2.05) is 72.8 Å². The first-order valence-electron chi connectivity index (χ1n) is 11.7. The molecule has 0 heterocycles. The molecule has 0 unspecified atom stereocenters. The van der Waals surface area contributed by atoms with Gasteiger partial charge in [0.25, 0.3) is 5.91 Å². The summed E-state index contributed by atoms with van der Waals surface area (Å²) in [6, 6.07) is 24.0. The van der Waals surface area contributed by atoms with Crippen LogP contribution in [0.1, 0.15) is 37.5 Å². The van der Waals surface area contributed by atoms with Gasteiger partial charge < -0.3 is 15.0 Å². The van der Waals surface area contributed by atoms with Gasteiger partial charge >= 0.3 is 0 Å². The van der Waals surface area contributed by atoms with Gasteiger partial charge in [-0.25, -0.2) is 0 Å². The van der Waals surface area contributed by atoms with Crippen molar-refractivity contribution < 1.29 is 14.3 Å². The molecular formula is C29H33ClN2O3. The van der Waals surface area contributed by atoms with Gasteiger partial charge in [0.2, 0.25) is 5.91 Å². The maximum absolute atomic E-state index is 13.6. The fourth-order valence-corrected chi connectivity index (χ4v) is 4.16. The van der Waals surface area contributed by atoms with Gasteiger partial charge in [0, 0.05) is 25.0 Å². The number of amides is 2. The van der Waals surface area contributed by atoms with Crippen molar-refractivity contribution in [2.75, 3.05) is 13.7 Å². The Kier molecular flexibility index (Phi) is 8.94. The lowest BCUT2D eigenvalue weighted by molar-refractivity contribution is -0.142. The first kappa shape index (κ1) is 26.3. The molecule has 0 aliphatic rings. The summed E-state index contributed by atoms with van der Waals surface area (Å²) in [5, 5.41) is 3.26. The first-order valence-corrected chi connectivity index (χ1v) is 12.1. The minimum atomic E-state index is -0.729. The number of nitrogens with zero attached hydrogens (tertiary/aromatic N) is 1. The van der Waals surface area contributed by atoms with E-state index in [4.69, 9.17) is 16.3 Å². The summed E-state index contributed by atoms with van der Waals surface area (Å²) < 4.78 is 6.03. The average molecular weight is 493 g/mol. The van der Waals surface area contributed by atoms with Crippen molar-refractivity contribution in [3.63, 3.8) is 0 Å². The second kappa shape index (κ2) is 11.9. The number of rotatable bonds is 9. The second-order valence-electron chi connectivity index (χ2n) is 9.47. The van der Waals surface area contributed by atoms with Gasteiger partial charge in [-0.15, -0.1) is 0 Å². The molecule has 1 N–H and O–H groups in total. The number of benzene rings is 3. The summed E-state index contributed by atoms with van der Waals surface area (Å²) in [5.41, 5.74) is 2.59. The highest BCUT2D eigenvalue weighted by molar-refractivity contribution is 6.31. The highest BCUT2D eigenvalue weighted by Gasteiger charge is 2.31. The topological polar surface area (TPSA) is 58.6 Å². The molecule has 0 fully saturated rings. The Morgan fingerprint density at radius 1 is 0.943 bits per heavy atom.